The molecule has 1 aromatic rings. The van der Waals surface area contributed by atoms with E-state index < -0.39 is 15.6 Å². The molecule has 0 aromatic heterocycles. The quantitative estimate of drug-likeness (QED) is 0.867. The molecular formula is C16H24N2O2S. The van der Waals surface area contributed by atoms with Crippen molar-refractivity contribution < 1.29 is 8.42 Å². The Balaban J connectivity index is 3.38. The highest BCUT2D eigenvalue weighted by atomic mass is 32.2. The molecule has 0 aliphatic rings. The Bertz CT molecular complexity index is 667. The minimum absolute atomic E-state index is 0.249. The fourth-order valence-electron chi connectivity index (χ4n) is 1.80. The fourth-order valence-corrected chi connectivity index (χ4v) is 3.63. The van der Waals surface area contributed by atoms with Crippen LogP contribution >= 0.6 is 0 Å². The maximum Gasteiger partial charge on any atom is 0.243 e. The van der Waals surface area contributed by atoms with E-state index in [-0.39, 0.29) is 6.54 Å². The van der Waals surface area contributed by atoms with Gasteiger partial charge in [-0.3, -0.25) is 0 Å². The molecule has 0 aliphatic carbocycles. The van der Waals surface area contributed by atoms with Gasteiger partial charge < -0.3 is 5.73 Å². The molecule has 0 spiro atoms. The van der Waals surface area contributed by atoms with Gasteiger partial charge in [-0.1, -0.05) is 24.8 Å². The molecular weight excluding hydrogens is 284 g/mol. The number of sulfonamides is 1. The molecule has 0 aliphatic heterocycles. The van der Waals surface area contributed by atoms with E-state index in [1.54, 1.807) is 26.1 Å². The maximum absolute atomic E-state index is 12.8. The van der Waals surface area contributed by atoms with E-state index in [2.05, 4.69) is 11.8 Å². The third-order valence-corrected chi connectivity index (χ3v) is 6.09. The molecule has 0 saturated heterocycles. The van der Waals surface area contributed by atoms with Crippen LogP contribution < -0.4 is 5.73 Å². The van der Waals surface area contributed by atoms with Crippen LogP contribution in [0, 0.1) is 18.8 Å². The first kappa shape index (κ1) is 17.7. The van der Waals surface area contributed by atoms with Gasteiger partial charge in [-0.25, -0.2) is 8.42 Å². The molecule has 1 aromatic carbocycles. The number of rotatable bonds is 4. The first-order valence-corrected chi connectivity index (χ1v) is 8.39. The van der Waals surface area contributed by atoms with Crippen molar-refractivity contribution in [3.8, 4) is 11.8 Å². The second kappa shape index (κ2) is 6.61. The zero-order valence-electron chi connectivity index (χ0n) is 13.4. The van der Waals surface area contributed by atoms with E-state index in [1.165, 1.54) is 4.31 Å². The number of nitrogens with zero attached hydrogens (tertiary/aromatic N) is 1. The van der Waals surface area contributed by atoms with Crippen LogP contribution in [0.2, 0.25) is 0 Å². The van der Waals surface area contributed by atoms with E-state index in [0.29, 0.717) is 16.0 Å². The summed E-state index contributed by atoms with van der Waals surface area (Å²) < 4.78 is 27.1. The average Bonchev–Trinajstić information content (AvgIpc) is 2.45. The van der Waals surface area contributed by atoms with Gasteiger partial charge in [0.1, 0.15) is 0 Å². The minimum atomic E-state index is -3.55. The summed E-state index contributed by atoms with van der Waals surface area (Å²) in [6, 6.07) is 5.21. The standard InChI is InChI=1S/C16H24N2O2S/c1-6-16(3,4)18(5)21(19,20)15-12-14(8-7-11-17)10-9-13(15)2/h9-10,12H,6,11,17H2,1-5H3. The average molecular weight is 308 g/mol. The van der Waals surface area contributed by atoms with Crippen LogP contribution in [0.5, 0.6) is 0 Å². The first-order chi connectivity index (χ1) is 9.66. The third-order valence-electron chi connectivity index (χ3n) is 3.88. The molecule has 0 amide bonds. The number of nitrogens with two attached hydrogens (primary N) is 1. The minimum Gasteiger partial charge on any atom is -0.320 e. The lowest BCUT2D eigenvalue weighted by Gasteiger charge is -2.34. The van der Waals surface area contributed by atoms with Gasteiger partial charge in [0.2, 0.25) is 10.0 Å². The summed E-state index contributed by atoms with van der Waals surface area (Å²) >= 11 is 0. The van der Waals surface area contributed by atoms with Crippen LogP contribution in [0.15, 0.2) is 23.1 Å². The van der Waals surface area contributed by atoms with Crippen molar-refractivity contribution in [2.24, 2.45) is 5.73 Å². The molecule has 116 valence electrons. The molecule has 0 fully saturated rings. The van der Waals surface area contributed by atoms with Crippen LogP contribution in [-0.4, -0.2) is 31.9 Å². The third kappa shape index (κ3) is 3.85. The van der Waals surface area contributed by atoms with Gasteiger partial charge in [0.15, 0.2) is 0 Å². The van der Waals surface area contributed by atoms with Gasteiger partial charge in [0, 0.05) is 18.2 Å². The van der Waals surface area contributed by atoms with E-state index >= 15 is 0 Å². The van der Waals surface area contributed by atoms with Gasteiger partial charge in [-0.15, -0.1) is 0 Å². The Morgan fingerprint density at radius 1 is 1.33 bits per heavy atom. The zero-order valence-corrected chi connectivity index (χ0v) is 14.2. The molecule has 4 nitrogen and oxygen atoms in total. The Morgan fingerprint density at radius 3 is 2.48 bits per heavy atom. The van der Waals surface area contributed by atoms with Crippen molar-refractivity contribution in [3.05, 3.63) is 29.3 Å². The van der Waals surface area contributed by atoms with Gasteiger partial charge >= 0.3 is 0 Å². The Morgan fingerprint density at radius 2 is 1.95 bits per heavy atom. The Kier molecular flexibility index (Phi) is 5.57. The van der Waals surface area contributed by atoms with Gasteiger partial charge in [0.05, 0.1) is 11.4 Å². The highest BCUT2D eigenvalue weighted by Crippen LogP contribution is 2.27. The molecule has 0 radical (unpaired) electrons. The molecule has 5 heteroatoms. The summed E-state index contributed by atoms with van der Waals surface area (Å²) in [5.74, 6) is 5.62. The number of hydrogen-bond acceptors (Lipinski definition) is 3. The van der Waals surface area contributed by atoms with E-state index in [4.69, 9.17) is 5.73 Å². The predicted octanol–water partition coefficient (Wildman–Crippen LogP) is 2.11. The van der Waals surface area contributed by atoms with Crippen LogP contribution in [0.4, 0.5) is 0 Å². The van der Waals surface area contributed by atoms with Crippen molar-refractivity contribution >= 4 is 10.0 Å². The van der Waals surface area contributed by atoms with E-state index in [0.717, 1.165) is 6.42 Å². The largest absolute Gasteiger partial charge is 0.320 e. The predicted molar refractivity (Wildman–Crippen MR) is 86.4 cm³/mol. The summed E-state index contributed by atoms with van der Waals surface area (Å²) in [6.07, 6.45) is 0.731. The lowest BCUT2D eigenvalue weighted by Crippen LogP contribution is -2.44. The summed E-state index contributed by atoms with van der Waals surface area (Å²) in [4.78, 5) is 0.301. The second-order valence-corrected chi connectivity index (χ2v) is 7.56. The summed E-state index contributed by atoms with van der Waals surface area (Å²) in [5.41, 5.74) is 6.29. The van der Waals surface area contributed by atoms with Crippen molar-refractivity contribution in [2.75, 3.05) is 13.6 Å². The lowest BCUT2D eigenvalue weighted by atomic mass is 10.0. The molecule has 21 heavy (non-hydrogen) atoms. The van der Waals surface area contributed by atoms with Gasteiger partial charge in [-0.05, 0) is 44.9 Å². The molecule has 0 unspecified atom stereocenters. The SMILES string of the molecule is CCC(C)(C)N(C)S(=O)(=O)c1cc(C#CCN)ccc1C. The summed E-state index contributed by atoms with van der Waals surface area (Å²) in [6.45, 7) is 7.84. The second-order valence-electron chi connectivity index (χ2n) is 5.62. The van der Waals surface area contributed by atoms with Crippen molar-refractivity contribution in [2.45, 2.75) is 44.6 Å². The highest BCUT2D eigenvalue weighted by molar-refractivity contribution is 7.89. The number of benzene rings is 1. The number of hydrogen-bond donors (Lipinski definition) is 1. The van der Waals surface area contributed by atoms with Gasteiger partial charge in [-0.2, -0.15) is 4.31 Å². The molecule has 0 atom stereocenters. The number of aryl methyl sites for hydroxylation is 1. The first-order valence-electron chi connectivity index (χ1n) is 6.95. The van der Waals surface area contributed by atoms with Crippen LogP contribution in [0.1, 0.15) is 38.3 Å². The molecule has 0 heterocycles. The monoisotopic (exact) mass is 308 g/mol. The fraction of sp³-hybridized carbons (Fsp3) is 0.500. The highest BCUT2D eigenvalue weighted by Gasteiger charge is 2.33. The Labute approximate surface area is 128 Å². The summed E-state index contributed by atoms with van der Waals surface area (Å²) in [5, 5.41) is 0. The van der Waals surface area contributed by atoms with Crippen LogP contribution in [0.25, 0.3) is 0 Å². The zero-order chi connectivity index (χ0) is 16.3. The molecule has 0 bridgehead atoms. The maximum atomic E-state index is 12.8. The smallest absolute Gasteiger partial charge is 0.243 e. The van der Waals surface area contributed by atoms with Gasteiger partial charge in [0.25, 0.3) is 0 Å². The van der Waals surface area contributed by atoms with E-state index in [9.17, 15) is 8.42 Å². The van der Waals surface area contributed by atoms with Crippen LogP contribution in [-0.2, 0) is 10.0 Å². The Hall–Kier alpha value is -1.35. The van der Waals surface area contributed by atoms with Crippen molar-refractivity contribution in [3.63, 3.8) is 0 Å². The van der Waals surface area contributed by atoms with Crippen molar-refractivity contribution in [1.29, 1.82) is 0 Å². The molecule has 1 rings (SSSR count). The van der Waals surface area contributed by atoms with E-state index in [1.807, 2.05) is 26.8 Å². The molecule has 2 N–H and O–H groups in total. The van der Waals surface area contributed by atoms with Crippen molar-refractivity contribution in [1.82, 2.24) is 4.31 Å². The topological polar surface area (TPSA) is 63.4 Å². The lowest BCUT2D eigenvalue weighted by molar-refractivity contribution is 0.257. The molecule has 0 saturated carbocycles. The normalized spacial score (nSPS) is 12.1. The van der Waals surface area contributed by atoms with Crippen LogP contribution in [0.3, 0.4) is 0 Å². The summed E-state index contributed by atoms with van der Waals surface area (Å²) in [7, 11) is -1.93.